The fourth-order valence-electron chi connectivity index (χ4n) is 4.31. The molecule has 0 unspecified atom stereocenters. The van der Waals surface area contributed by atoms with Crippen molar-refractivity contribution in [3.05, 3.63) is 132 Å². The van der Waals surface area contributed by atoms with Gasteiger partial charge in [-0.2, -0.15) is 9.78 Å². The van der Waals surface area contributed by atoms with Crippen LogP contribution >= 0.6 is 27.5 Å². The predicted molar refractivity (Wildman–Crippen MR) is 161 cm³/mol. The van der Waals surface area contributed by atoms with Crippen LogP contribution in [0.3, 0.4) is 0 Å². The summed E-state index contributed by atoms with van der Waals surface area (Å²) < 4.78 is 14.0. The van der Waals surface area contributed by atoms with Crippen molar-refractivity contribution in [3.8, 4) is 17.3 Å². The summed E-state index contributed by atoms with van der Waals surface area (Å²) in [4.78, 5) is 29.0. The lowest BCUT2D eigenvalue weighted by atomic mass is 10.2. The molecule has 0 spiro atoms. The minimum Gasteiger partial charge on any atom is -0.488 e. The number of fused-ring (bicyclic) bond motifs is 2. The second-order valence-electron chi connectivity index (χ2n) is 9.00. The fraction of sp³-hybridized carbons (Fsp3) is 0.0333. The molecule has 41 heavy (non-hydrogen) atoms. The molecule has 2 heterocycles. The number of non-ortho nitro benzene ring substituents is 1. The summed E-state index contributed by atoms with van der Waals surface area (Å²) >= 11 is 9.63. The third kappa shape index (κ3) is 5.47. The Morgan fingerprint density at radius 3 is 2.76 bits per heavy atom. The summed E-state index contributed by atoms with van der Waals surface area (Å²) in [6.45, 7) is 0.0917. The molecule has 202 valence electrons. The van der Waals surface area contributed by atoms with Gasteiger partial charge >= 0.3 is 0 Å². The first-order valence-electron chi connectivity index (χ1n) is 12.3. The molecule has 11 heteroatoms. The monoisotopic (exact) mass is 628 g/mol. The summed E-state index contributed by atoms with van der Waals surface area (Å²) in [5.74, 6) is 1.02. The Balaban J connectivity index is 1.41. The molecule has 0 fully saturated rings. The van der Waals surface area contributed by atoms with E-state index in [4.69, 9.17) is 25.7 Å². The van der Waals surface area contributed by atoms with Crippen molar-refractivity contribution in [2.24, 2.45) is 5.10 Å². The van der Waals surface area contributed by atoms with E-state index < -0.39 is 4.92 Å². The van der Waals surface area contributed by atoms with Crippen molar-refractivity contribution < 1.29 is 14.1 Å². The third-order valence-electron chi connectivity index (χ3n) is 6.25. The van der Waals surface area contributed by atoms with E-state index in [2.05, 4.69) is 21.0 Å². The number of hydrogen-bond acceptors (Lipinski definition) is 7. The quantitative estimate of drug-likeness (QED) is 0.102. The molecule has 0 aliphatic heterocycles. The molecule has 0 aliphatic carbocycles. The summed E-state index contributed by atoms with van der Waals surface area (Å²) in [7, 11) is 0. The molecule has 0 aliphatic rings. The maximum Gasteiger partial charge on any atom is 0.282 e. The van der Waals surface area contributed by atoms with E-state index >= 15 is 0 Å². The second kappa shape index (κ2) is 11.0. The van der Waals surface area contributed by atoms with Gasteiger partial charge in [0.25, 0.3) is 11.2 Å². The van der Waals surface area contributed by atoms with Crippen LogP contribution in [0.1, 0.15) is 11.1 Å². The van der Waals surface area contributed by atoms with Gasteiger partial charge in [-0.25, -0.2) is 4.98 Å². The number of furan rings is 1. The summed E-state index contributed by atoms with van der Waals surface area (Å²) in [5.41, 5.74) is 1.88. The maximum atomic E-state index is 13.6. The van der Waals surface area contributed by atoms with Gasteiger partial charge < -0.3 is 9.15 Å². The van der Waals surface area contributed by atoms with Crippen LogP contribution in [0.2, 0.25) is 5.02 Å². The van der Waals surface area contributed by atoms with Gasteiger partial charge in [-0.3, -0.25) is 14.9 Å². The number of halogens is 2. The van der Waals surface area contributed by atoms with Crippen LogP contribution in [0.4, 0.5) is 5.69 Å². The van der Waals surface area contributed by atoms with E-state index in [1.165, 1.54) is 23.0 Å². The van der Waals surface area contributed by atoms with Crippen LogP contribution < -0.4 is 10.3 Å². The highest BCUT2D eigenvalue weighted by Crippen LogP contribution is 2.29. The molecular weight excluding hydrogens is 612 g/mol. The second-order valence-corrected chi connectivity index (χ2v) is 10.4. The van der Waals surface area contributed by atoms with E-state index in [-0.39, 0.29) is 23.7 Å². The molecule has 0 N–H and O–H groups in total. The molecule has 0 saturated carbocycles. The lowest BCUT2D eigenvalue weighted by Crippen LogP contribution is -2.20. The van der Waals surface area contributed by atoms with Crippen molar-refractivity contribution in [2.45, 2.75) is 6.61 Å². The zero-order chi connectivity index (χ0) is 28.5. The van der Waals surface area contributed by atoms with Gasteiger partial charge in [0.1, 0.15) is 17.9 Å². The van der Waals surface area contributed by atoms with Gasteiger partial charge in [-0.05, 0) is 60.2 Å². The number of benzene rings is 4. The molecule has 6 rings (SSSR count). The van der Waals surface area contributed by atoms with Crippen LogP contribution in [0, 0.1) is 10.1 Å². The smallest absolute Gasteiger partial charge is 0.282 e. The highest BCUT2D eigenvalue weighted by Gasteiger charge is 2.17. The highest BCUT2D eigenvalue weighted by atomic mass is 79.9. The van der Waals surface area contributed by atoms with Crippen molar-refractivity contribution >= 4 is 61.3 Å². The highest BCUT2D eigenvalue weighted by molar-refractivity contribution is 9.10. The maximum absolute atomic E-state index is 13.6. The summed E-state index contributed by atoms with van der Waals surface area (Å²) in [6, 6.07) is 25.6. The van der Waals surface area contributed by atoms with E-state index in [0.29, 0.717) is 44.1 Å². The average Bonchev–Trinajstić information content (AvgIpc) is 3.39. The number of aromatic nitrogens is 2. The molecule has 2 aromatic heterocycles. The average molecular weight is 630 g/mol. The Kier molecular flexibility index (Phi) is 7.08. The van der Waals surface area contributed by atoms with E-state index in [1.807, 2.05) is 0 Å². The Morgan fingerprint density at radius 2 is 1.90 bits per heavy atom. The zero-order valence-corrected chi connectivity index (χ0v) is 23.4. The zero-order valence-electron chi connectivity index (χ0n) is 21.0. The van der Waals surface area contributed by atoms with Gasteiger partial charge in [0.05, 0.1) is 22.0 Å². The number of rotatable bonds is 7. The van der Waals surface area contributed by atoms with Gasteiger partial charge in [0, 0.05) is 32.6 Å². The van der Waals surface area contributed by atoms with Crippen LogP contribution in [0.15, 0.2) is 110 Å². The Bertz CT molecular complexity index is 2050. The van der Waals surface area contributed by atoms with Gasteiger partial charge in [-0.1, -0.05) is 51.8 Å². The number of ether oxygens (including phenoxy) is 1. The summed E-state index contributed by atoms with van der Waals surface area (Å²) in [6.07, 6.45) is 1.49. The van der Waals surface area contributed by atoms with Gasteiger partial charge in [-0.15, -0.1) is 0 Å². The first-order valence-corrected chi connectivity index (χ1v) is 13.4. The number of nitro benzene ring substituents is 1. The van der Waals surface area contributed by atoms with Gasteiger partial charge in [0.15, 0.2) is 5.76 Å². The standard InChI is InChI=1S/C30H18BrClN4O5/c31-21-8-10-26(40-17-18-4-3-5-23(12-18)36(38)39)20(13-21)16-33-35-29(34-25-7-2-1-6-24(25)30(35)37)28-15-19-14-22(32)9-11-27(19)41-28/h1-16H,17H2. The largest absolute Gasteiger partial charge is 0.488 e. The molecule has 9 nitrogen and oxygen atoms in total. The minimum atomic E-state index is -0.454. The van der Waals surface area contributed by atoms with Crippen LogP contribution in [-0.4, -0.2) is 20.8 Å². The number of hydrogen-bond donors (Lipinski definition) is 0. The first kappa shape index (κ1) is 26.4. The number of nitro groups is 1. The molecule has 0 bridgehead atoms. The minimum absolute atomic E-state index is 0.0211. The van der Waals surface area contributed by atoms with Crippen LogP contribution in [0.5, 0.6) is 5.75 Å². The molecular formula is C30H18BrClN4O5. The topological polar surface area (TPSA) is 113 Å². The van der Waals surface area contributed by atoms with Crippen molar-refractivity contribution in [3.63, 3.8) is 0 Å². The lowest BCUT2D eigenvalue weighted by Gasteiger charge is -2.11. The van der Waals surface area contributed by atoms with Crippen molar-refractivity contribution in [1.29, 1.82) is 0 Å². The molecule has 6 aromatic rings. The normalized spacial score (nSPS) is 11.5. The predicted octanol–water partition coefficient (Wildman–Crippen LogP) is 7.60. The van der Waals surface area contributed by atoms with Gasteiger partial charge in [0.2, 0.25) is 5.82 Å². The van der Waals surface area contributed by atoms with E-state index in [9.17, 15) is 14.9 Å². The van der Waals surface area contributed by atoms with Crippen molar-refractivity contribution in [2.75, 3.05) is 0 Å². The molecule has 0 saturated heterocycles. The SMILES string of the molecule is O=c1c2ccccc2nc(-c2cc3cc(Cl)ccc3o2)n1N=Cc1cc(Br)ccc1OCc1cccc([N+](=O)[O-])c1. The Labute approximate surface area is 245 Å². The van der Waals surface area contributed by atoms with E-state index in [0.717, 1.165) is 9.86 Å². The van der Waals surface area contributed by atoms with Crippen LogP contribution in [-0.2, 0) is 6.61 Å². The van der Waals surface area contributed by atoms with Crippen molar-refractivity contribution in [1.82, 2.24) is 9.66 Å². The fourth-order valence-corrected chi connectivity index (χ4v) is 4.87. The molecule has 0 atom stereocenters. The van der Waals surface area contributed by atoms with Crippen LogP contribution in [0.25, 0.3) is 33.5 Å². The Morgan fingerprint density at radius 1 is 1.05 bits per heavy atom. The first-order chi connectivity index (χ1) is 19.9. The number of nitrogens with zero attached hydrogens (tertiary/aromatic N) is 4. The van der Waals surface area contributed by atoms with E-state index in [1.54, 1.807) is 78.9 Å². The molecule has 0 amide bonds. The lowest BCUT2D eigenvalue weighted by molar-refractivity contribution is -0.384. The molecule has 4 aromatic carbocycles. The summed E-state index contributed by atoms with van der Waals surface area (Å²) in [5, 5.41) is 17.4. The third-order valence-corrected chi connectivity index (χ3v) is 6.98. The Hall–Kier alpha value is -4.80. The molecule has 0 radical (unpaired) electrons. The number of para-hydroxylation sites is 1.